The zero-order valence-electron chi connectivity index (χ0n) is 15.9. The van der Waals surface area contributed by atoms with E-state index in [1.807, 2.05) is 56.3 Å². The van der Waals surface area contributed by atoms with Gasteiger partial charge in [-0.05, 0) is 35.7 Å². The number of carbonyl (C=O) groups is 2. The van der Waals surface area contributed by atoms with Crippen molar-refractivity contribution in [2.45, 2.75) is 26.4 Å². The molecule has 0 aliphatic carbocycles. The third-order valence-corrected chi connectivity index (χ3v) is 3.98. The number of nitrogens with one attached hydrogen (secondary N) is 2. The molecule has 0 saturated carbocycles. The van der Waals surface area contributed by atoms with Gasteiger partial charge in [0, 0.05) is 6.54 Å². The summed E-state index contributed by atoms with van der Waals surface area (Å²) in [7, 11) is 1.60. The Bertz CT molecular complexity index is 747. The van der Waals surface area contributed by atoms with Crippen molar-refractivity contribution in [3.8, 4) is 11.5 Å². The first-order chi connectivity index (χ1) is 13.0. The number of hydrogen-bond acceptors (Lipinski definition) is 4. The van der Waals surface area contributed by atoms with Gasteiger partial charge in [-0.25, -0.2) is 0 Å². The summed E-state index contributed by atoms with van der Waals surface area (Å²) in [5, 5.41) is 5.61. The fourth-order valence-corrected chi connectivity index (χ4v) is 2.50. The molecule has 2 rings (SSSR count). The van der Waals surface area contributed by atoms with Crippen LogP contribution >= 0.6 is 0 Å². The van der Waals surface area contributed by atoms with Crippen molar-refractivity contribution >= 4 is 11.8 Å². The molecule has 0 heterocycles. The van der Waals surface area contributed by atoms with E-state index in [2.05, 4.69) is 10.6 Å². The van der Waals surface area contributed by atoms with Gasteiger partial charge < -0.3 is 20.1 Å². The normalized spacial score (nSPS) is 11.6. The summed E-state index contributed by atoms with van der Waals surface area (Å²) in [6.45, 7) is 3.98. The molecule has 0 unspecified atom stereocenters. The van der Waals surface area contributed by atoms with Crippen molar-refractivity contribution in [3.63, 3.8) is 0 Å². The Labute approximate surface area is 159 Å². The van der Waals surface area contributed by atoms with Gasteiger partial charge in [0.25, 0.3) is 5.91 Å². The van der Waals surface area contributed by atoms with Crippen molar-refractivity contribution in [3.05, 3.63) is 60.2 Å². The van der Waals surface area contributed by atoms with Crippen LogP contribution < -0.4 is 20.1 Å². The first-order valence-electron chi connectivity index (χ1n) is 8.87. The molecule has 6 heteroatoms. The lowest BCUT2D eigenvalue weighted by molar-refractivity contribution is -0.131. The fraction of sp³-hybridized carbons (Fsp3) is 0.333. The standard InChI is InChI=1S/C21H26N2O4/c1-15(2)20(23-19(24)14-27-17-9-5-4-6-10-17)21(25)22-13-16-8-7-11-18(12-16)26-3/h4-12,15,20H,13-14H2,1-3H3,(H,22,25)(H,23,24)/t20-/m0/s1. The number of rotatable bonds is 9. The zero-order chi connectivity index (χ0) is 19.6. The van der Waals surface area contributed by atoms with Crippen LogP contribution in [0.25, 0.3) is 0 Å². The largest absolute Gasteiger partial charge is 0.497 e. The summed E-state index contributed by atoms with van der Waals surface area (Å²) in [5.41, 5.74) is 0.920. The Balaban J connectivity index is 1.87. The third kappa shape index (κ3) is 6.66. The molecule has 0 aliphatic rings. The molecule has 0 spiro atoms. The molecule has 6 nitrogen and oxygen atoms in total. The highest BCUT2D eigenvalue weighted by atomic mass is 16.5. The summed E-state index contributed by atoms with van der Waals surface area (Å²) in [6.07, 6.45) is 0. The van der Waals surface area contributed by atoms with Gasteiger partial charge in [-0.1, -0.05) is 44.2 Å². The van der Waals surface area contributed by atoms with Gasteiger partial charge in [0.05, 0.1) is 7.11 Å². The Morgan fingerprint density at radius 3 is 2.37 bits per heavy atom. The van der Waals surface area contributed by atoms with E-state index in [0.717, 1.165) is 11.3 Å². The second kappa shape index (κ2) is 10.2. The number of carbonyl (C=O) groups excluding carboxylic acids is 2. The Kier molecular flexibility index (Phi) is 7.67. The molecule has 2 aromatic rings. The van der Waals surface area contributed by atoms with Gasteiger partial charge >= 0.3 is 0 Å². The van der Waals surface area contributed by atoms with Crippen molar-refractivity contribution < 1.29 is 19.1 Å². The molecular formula is C21H26N2O4. The van der Waals surface area contributed by atoms with Gasteiger partial charge in [0.1, 0.15) is 17.5 Å². The summed E-state index contributed by atoms with van der Waals surface area (Å²) < 4.78 is 10.6. The molecule has 1 atom stereocenters. The van der Waals surface area contributed by atoms with Crippen LogP contribution in [-0.2, 0) is 16.1 Å². The number of hydrogen-bond donors (Lipinski definition) is 2. The number of para-hydroxylation sites is 1. The van der Waals surface area contributed by atoms with Gasteiger partial charge in [-0.2, -0.15) is 0 Å². The lowest BCUT2D eigenvalue weighted by Crippen LogP contribution is -2.50. The predicted molar refractivity (Wildman–Crippen MR) is 104 cm³/mol. The van der Waals surface area contributed by atoms with Crippen LogP contribution in [0.4, 0.5) is 0 Å². The van der Waals surface area contributed by atoms with E-state index in [4.69, 9.17) is 9.47 Å². The van der Waals surface area contributed by atoms with E-state index in [0.29, 0.717) is 12.3 Å². The molecule has 2 N–H and O–H groups in total. The average Bonchev–Trinajstić information content (AvgIpc) is 2.69. The smallest absolute Gasteiger partial charge is 0.258 e. The molecule has 0 saturated heterocycles. The van der Waals surface area contributed by atoms with Crippen LogP contribution in [0.1, 0.15) is 19.4 Å². The van der Waals surface area contributed by atoms with Crippen molar-refractivity contribution in [1.82, 2.24) is 10.6 Å². The first kappa shape index (κ1) is 20.3. The maximum atomic E-state index is 12.5. The molecule has 2 aromatic carbocycles. The SMILES string of the molecule is COc1cccc(CNC(=O)[C@@H](NC(=O)COc2ccccc2)C(C)C)c1. The van der Waals surface area contributed by atoms with E-state index < -0.39 is 6.04 Å². The van der Waals surface area contributed by atoms with Crippen LogP contribution in [0.5, 0.6) is 11.5 Å². The molecule has 0 bridgehead atoms. The highest BCUT2D eigenvalue weighted by Gasteiger charge is 2.24. The lowest BCUT2D eigenvalue weighted by Gasteiger charge is -2.22. The monoisotopic (exact) mass is 370 g/mol. The molecule has 0 fully saturated rings. The lowest BCUT2D eigenvalue weighted by atomic mass is 10.0. The quantitative estimate of drug-likeness (QED) is 0.711. The number of methoxy groups -OCH3 is 1. The molecule has 144 valence electrons. The minimum absolute atomic E-state index is 0.0593. The van der Waals surface area contributed by atoms with Gasteiger partial charge in [0.15, 0.2) is 6.61 Å². The Hall–Kier alpha value is -3.02. The maximum Gasteiger partial charge on any atom is 0.258 e. The van der Waals surface area contributed by atoms with Gasteiger partial charge in [-0.15, -0.1) is 0 Å². The topological polar surface area (TPSA) is 76.7 Å². The summed E-state index contributed by atoms with van der Waals surface area (Å²) in [5.74, 6) is 0.704. The molecule has 27 heavy (non-hydrogen) atoms. The van der Waals surface area contributed by atoms with Crippen LogP contribution in [0.2, 0.25) is 0 Å². The van der Waals surface area contributed by atoms with Gasteiger partial charge in [-0.3, -0.25) is 9.59 Å². The highest BCUT2D eigenvalue weighted by Crippen LogP contribution is 2.12. The minimum Gasteiger partial charge on any atom is -0.497 e. The van der Waals surface area contributed by atoms with Crippen LogP contribution in [0.15, 0.2) is 54.6 Å². The second-order valence-electron chi connectivity index (χ2n) is 6.46. The van der Waals surface area contributed by atoms with Crippen molar-refractivity contribution in [2.75, 3.05) is 13.7 Å². The molecule has 2 amide bonds. The number of ether oxygens (including phenoxy) is 2. The van der Waals surface area contributed by atoms with Crippen LogP contribution in [0, 0.1) is 5.92 Å². The average molecular weight is 370 g/mol. The van der Waals surface area contributed by atoms with Crippen molar-refractivity contribution in [2.24, 2.45) is 5.92 Å². The van der Waals surface area contributed by atoms with E-state index in [1.54, 1.807) is 19.2 Å². The minimum atomic E-state index is -0.637. The second-order valence-corrected chi connectivity index (χ2v) is 6.46. The van der Waals surface area contributed by atoms with Crippen LogP contribution in [0.3, 0.4) is 0 Å². The Morgan fingerprint density at radius 1 is 1.00 bits per heavy atom. The van der Waals surface area contributed by atoms with Crippen molar-refractivity contribution in [1.29, 1.82) is 0 Å². The Morgan fingerprint density at radius 2 is 1.70 bits per heavy atom. The maximum absolute atomic E-state index is 12.5. The number of benzene rings is 2. The summed E-state index contributed by atoms with van der Waals surface area (Å²) in [4.78, 5) is 24.7. The number of amides is 2. The third-order valence-electron chi connectivity index (χ3n) is 3.98. The zero-order valence-corrected chi connectivity index (χ0v) is 15.9. The van der Waals surface area contributed by atoms with E-state index >= 15 is 0 Å². The summed E-state index contributed by atoms with van der Waals surface area (Å²) >= 11 is 0. The molecular weight excluding hydrogens is 344 g/mol. The van der Waals surface area contributed by atoms with E-state index in [1.165, 1.54) is 0 Å². The summed E-state index contributed by atoms with van der Waals surface area (Å²) in [6, 6.07) is 15.9. The molecule has 0 aliphatic heterocycles. The van der Waals surface area contributed by atoms with Gasteiger partial charge in [0.2, 0.25) is 5.91 Å². The molecule has 0 radical (unpaired) electrons. The fourth-order valence-electron chi connectivity index (χ4n) is 2.50. The highest BCUT2D eigenvalue weighted by molar-refractivity contribution is 5.88. The van der Waals surface area contributed by atoms with E-state index in [9.17, 15) is 9.59 Å². The predicted octanol–water partition coefficient (Wildman–Crippen LogP) is 2.53. The van der Waals surface area contributed by atoms with E-state index in [-0.39, 0.29) is 24.3 Å². The first-order valence-corrected chi connectivity index (χ1v) is 8.87. The molecule has 0 aromatic heterocycles. The van der Waals surface area contributed by atoms with Crippen LogP contribution in [-0.4, -0.2) is 31.6 Å².